The van der Waals surface area contributed by atoms with Gasteiger partial charge in [0.1, 0.15) is 18.3 Å². The Kier molecular flexibility index (Phi) is 10.4. The molecule has 8 nitrogen and oxygen atoms in total. The van der Waals surface area contributed by atoms with Gasteiger partial charge >= 0.3 is 0 Å². The predicted molar refractivity (Wildman–Crippen MR) is 154 cm³/mol. The minimum atomic E-state index is -3.95. The van der Waals surface area contributed by atoms with Crippen LogP contribution in [0.2, 0.25) is 5.02 Å². The lowest BCUT2D eigenvalue weighted by atomic mass is 10.0. The van der Waals surface area contributed by atoms with Gasteiger partial charge in [-0.2, -0.15) is 0 Å². The number of rotatable bonds is 12. The number of hydrogen-bond acceptors (Lipinski definition) is 5. The predicted octanol–water partition coefficient (Wildman–Crippen LogP) is 4.28. The van der Waals surface area contributed by atoms with Crippen molar-refractivity contribution < 1.29 is 22.7 Å². The van der Waals surface area contributed by atoms with Gasteiger partial charge in [-0.05, 0) is 43.2 Å². The second kappa shape index (κ2) is 13.5. The Balaban J connectivity index is 2.08. The highest BCUT2D eigenvalue weighted by atomic mass is 35.5. The molecule has 0 radical (unpaired) electrons. The van der Waals surface area contributed by atoms with Gasteiger partial charge in [-0.25, -0.2) is 8.42 Å². The van der Waals surface area contributed by atoms with Gasteiger partial charge < -0.3 is 15.0 Å². The first-order valence-electron chi connectivity index (χ1n) is 12.5. The van der Waals surface area contributed by atoms with Crippen molar-refractivity contribution >= 4 is 39.1 Å². The Bertz CT molecular complexity index is 1370. The number of sulfonamides is 1. The third-order valence-corrected chi connectivity index (χ3v) is 7.35. The van der Waals surface area contributed by atoms with E-state index in [2.05, 4.69) is 5.32 Å². The fourth-order valence-corrected chi connectivity index (χ4v) is 5.18. The quantitative estimate of drug-likeness (QED) is 0.350. The number of halogens is 1. The van der Waals surface area contributed by atoms with Crippen molar-refractivity contribution in [1.82, 2.24) is 10.2 Å². The van der Waals surface area contributed by atoms with Gasteiger partial charge in [0.25, 0.3) is 0 Å². The summed E-state index contributed by atoms with van der Waals surface area (Å²) in [5.74, 6) is -0.638. The highest BCUT2D eigenvalue weighted by Gasteiger charge is 2.34. The van der Waals surface area contributed by atoms with Crippen LogP contribution in [0.25, 0.3) is 0 Å². The van der Waals surface area contributed by atoms with Crippen molar-refractivity contribution in [2.45, 2.75) is 38.9 Å². The summed E-state index contributed by atoms with van der Waals surface area (Å²) in [6, 6.07) is 22.1. The first kappa shape index (κ1) is 30.0. The standard InChI is InChI=1S/C29H34ClN3O5S/c1-21(2)31-29(35)26(17-22-11-7-5-8-12-22)32(19-23-13-9-6-10-14-23)28(34)20-33(39(4,36)37)25-18-24(30)15-16-27(25)38-3/h5-16,18,21,26H,17,19-20H2,1-4H3,(H,31,35)/t26-/m0/s1. The first-order chi connectivity index (χ1) is 18.5. The van der Waals surface area contributed by atoms with Crippen LogP contribution in [-0.4, -0.2) is 57.1 Å². The highest BCUT2D eigenvalue weighted by molar-refractivity contribution is 7.92. The van der Waals surface area contributed by atoms with Crippen molar-refractivity contribution in [3.8, 4) is 5.75 Å². The van der Waals surface area contributed by atoms with E-state index in [1.807, 2.05) is 74.5 Å². The summed E-state index contributed by atoms with van der Waals surface area (Å²) in [4.78, 5) is 29.0. The molecule has 1 N–H and O–H groups in total. The largest absolute Gasteiger partial charge is 0.495 e. The van der Waals surface area contributed by atoms with Gasteiger partial charge in [0, 0.05) is 24.0 Å². The lowest BCUT2D eigenvalue weighted by Gasteiger charge is -2.34. The van der Waals surface area contributed by atoms with Crippen molar-refractivity contribution in [2.75, 3.05) is 24.2 Å². The molecule has 0 aliphatic rings. The zero-order valence-corrected chi connectivity index (χ0v) is 24.1. The molecule has 3 rings (SSSR count). The Morgan fingerprint density at radius 3 is 2.08 bits per heavy atom. The number of carbonyl (C=O) groups excluding carboxylic acids is 2. The number of amides is 2. The molecule has 0 aliphatic heterocycles. The molecule has 0 saturated heterocycles. The molecule has 0 heterocycles. The number of benzene rings is 3. The second-order valence-electron chi connectivity index (χ2n) is 9.46. The van der Waals surface area contributed by atoms with E-state index < -0.39 is 28.5 Å². The topological polar surface area (TPSA) is 96.0 Å². The summed E-state index contributed by atoms with van der Waals surface area (Å²) < 4.78 is 32.2. The number of ether oxygens (including phenoxy) is 1. The van der Waals surface area contributed by atoms with E-state index in [0.29, 0.717) is 0 Å². The third kappa shape index (κ3) is 8.46. The van der Waals surface area contributed by atoms with Crippen LogP contribution in [0.4, 0.5) is 5.69 Å². The molecule has 0 aromatic heterocycles. The third-order valence-electron chi connectivity index (χ3n) is 5.99. The summed E-state index contributed by atoms with van der Waals surface area (Å²) in [5.41, 5.74) is 1.79. The molecule has 3 aromatic rings. The van der Waals surface area contributed by atoms with Crippen molar-refractivity contribution in [2.24, 2.45) is 0 Å². The molecule has 2 amide bonds. The highest BCUT2D eigenvalue weighted by Crippen LogP contribution is 2.33. The van der Waals surface area contributed by atoms with Crippen molar-refractivity contribution in [3.63, 3.8) is 0 Å². The molecule has 10 heteroatoms. The van der Waals surface area contributed by atoms with E-state index >= 15 is 0 Å². The SMILES string of the molecule is COc1ccc(Cl)cc1N(CC(=O)N(Cc1ccccc1)[C@@H](Cc1ccccc1)C(=O)NC(C)C)S(C)(=O)=O. The normalized spacial score (nSPS) is 12.1. The minimum absolute atomic E-state index is 0.104. The molecule has 0 fully saturated rings. The molecule has 208 valence electrons. The molecular formula is C29H34ClN3O5S. The average molecular weight is 572 g/mol. The number of anilines is 1. The van der Waals surface area contributed by atoms with Crippen LogP contribution in [0.3, 0.4) is 0 Å². The average Bonchev–Trinajstić information content (AvgIpc) is 2.89. The van der Waals surface area contributed by atoms with E-state index in [4.69, 9.17) is 16.3 Å². The Morgan fingerprint density at radius 2 is 1.54 bits per heavy atom. The molecule has 0 bridgehead atoms. The van der Waals surface area contributed by atoms with Crippen LogP contribution in [-0.2, 0) is 32.6 Å². The molecule has 3 aromatic carbocycles. The maximum Gasteiger partial charge on any atom is 0.244 e. The zero-order valence-electron chi connectivity index (χ0n) is 22.5. The van der Waals surface area contributed by atoms with E-state index in [-0.39, 0.29) is 41.4 Å². The Labute approximate surface area is 235 Å². The van der Waals surface area contributed by atoms with Gasteiger partial charge in [-0.15, -0.1) is 0 Å². The Morgan fingerprint density at radius 1 is 0.949 bits per heavy atom. The molecular weight excluding hydrogens is 538 g/mol. The summed E-state index contributed by atoms with van der Waals surface area (Å²) in [6.45, 7) is 3.24. The van der Waals surface area contributed by atoms with Gasteiger partial charge in [-0.3, -0.25) is 13.9 Å². The van der Waals surface area contributed by atoms with Crippen LogP contribution in [0, 0.1) is 0 Å². The van der Waals surface area contributed by atoms with Gasteiger partial charge in [0.2, 0.25) is 21.8 Å². The molecule has 39 heavy (non-hydrogen) atoms. The van der Waals surface area contributed by atoms with Crippen LogP contribution < -0.4 is 14.4 Å². The molecule has 0 saturated carbocycles. The maximum atomic E-state index is 14.1. The molecule has 1 atom stereocenters. The number of nitrogens with one attached hydrogen (secondary N) is 1. The summed E-state index contributed by atoms with van der Waals surface area (Å²) >= 11 is 6.18. The zero-order chi connectivity index (χ0) is 28.6. The maximum absolute atomic E-state index is 14.1. The van der Waals surface area contributed by atoms with E-state index in [1.54, 1.807) is 6.07 Å². The summed E-state index contributed by atoms with van der Waals surface area (Å²) in [7, 11) is -2.54. The van der Waals surface area contributed by atoms with Crippen LogP contribution in [0.15, 0.2) is 78.9 Å². The smallest absolute Gasteiger partial charge is 0.244 e. The number of nitrogens with zero attached hydrogens (tertiary/aromatic N) is 2. The summed E-state index contributed by atoms with van der Waals surface area (Å²) in [5, 5.41) is 3.21. The summed E-state index contributed by atoms with van der Waals surface area (Å²) in [6.07, 6.45) is 1.26. The Hall–Kier alpha value is -3.56. The van der Waals surface area contributed by atoms with Crippen molar-refractivity contribution in [3.05, 3.63) is 95.0 Å². The van der Waals surface area contributed by atoms with Crippen LogP contribution in [0.5, 0.6) is 5.75 Å². The number of methoxy groups -OCH3 is 1. The van der Waals surface area contributed by atoms with Crippen molar-refractivity contribution in [1.29, 1.82) is 0 Å². The van der Waals surface area contributed by atoms with E-state index in [9.17, 15) is 18.0 Å². The fourth-order valence-electron chi connectivity index (χ4n) is 4.17. The molecule has 0 aliphatic carbocycles. The van der Waals surface area contributed by atoms with E-state index in [1.165, 1.54) is 24.1 Å². The van der Waals surface area contributed by atoms with Gasteiger partial charge in [0.15, 0.2) is 0 Å². The van der Waals surface area contributed by atoms with Gasteiger partial charge in [0.05, 0.1) is 19.1 Å². The monoisotopic (exact) mass is 571 g/mol. The molecule has 0 spiro atoms. The fraction of sp³-hybridized carbons (Fsp3) is 0.310. The van der Waals surface area contributed by atoms with E-state index in [0.717, 1.165) is 21.7 Å². The van der Waals surface area contributed by atoms with Gasteiger partial charge in [-0.1, -0.05) is 72.3 Å². The number of hydrogen-bond donors (Lipinski definition) is 1. The number of carbonyl (C=O) groups is 2. The van der Waals surface area contributed by atoms with Crippen LogP contribution >= 0.6 is 11.6 Å². The lowest BCUT2D eigenvalue weighted by molar-refractivity contribution is -0.140. The minimum Gasteiger partial charge on any atom is -0.495 e. The van der Waals surface area contributed by atoms with Crippen LogP contribution in [0.1, 0.15) is 25.0 Å². The lowest BCUT2D eigenvalue weighted by Crippen LogP contribution is -2.54. The molecule has 0 unspecified atom stereocenters. The second-order valence-corrected chi connectivity index (χ2v) is 11.8. The first-order valence-corrected chi connectivity index (χ1v) is 14.7.